The summed E-state index contributed by atoms with van der Waals surface area (Å²) in [6.07, 6.45) is 7.36. The molecule has 0 unspecified atom stereocenters. The van der Waals surface area contributed by atoms with Gasteiger partial charge in [-0.05, 0) is 33.3 Å². The minimum Gasteiger partial charge on any atom is -0.308 e. The van der Waals surface area contributed by atoms with Crippen LogP contribution in [0.25, 0.3) is 5.95 Å². The summed E-state index contributed by atoms with van der Waals surface area (Å²) in [5, 5.41) is 7.58. The molecule has 5 heteroatoms. The summed E-state index contributed by atoms with van der Waals surface area (Å²) in [5.74, 6) is 0.600. The molecular weight excluding hydrogens is 226 g/mol. The van der Waals surface area contributed by atoms with Crippen LogP contribution in [0.5, 0.6) is 0 Å². The van der Waals surface area contributed by atoms with Crippen LogP contribution in [0, 0.1) is 6.92 Å². The molecule has 18 heavy (non-hydrogen) atoms. The van der Waals surface area contributed by atoms with Gasteiger partial charge in [-0.1, -0.05) is 0 Å². The van der Waals surface area contributed by atoms with Gasteiger partial charge in [0, 0.05) is 36.2 Å². The second-order valence-corrected chi connectivity index (χ2v) is 5.46. The molecule has 2 rings (SSSR count). The Morgan fingerprint density at radius 3 is 2.33 bits per heavy atom. The molecule has 0 aromatic carbocycles. The SMILES string of the molecule is Cc1cnn(-c2ncc(CNC(C)(C)C)cn2)c1. The van der Waals surface area contributed by atoms with Crippen molar-refractivity contribution < 1.29 is 0 Å². The third-order valence-corrected chi connectivity index (χ3v) is 2.43. The quantitative estimate of drug-likeness (QED) is 0.896. The van der Waals surface area contributed by atoms with Gasteiger partial charge in [0.05, 0.1) is 6.20 Å². The molecule has 0 atom stereocenters. The van der Waals surface area contributed by atoms with Gasteiger partial charge in [-0.2, -0.15) is 5.10 Å². The van der Waals surface area contributed by atoms with Gasteiger partial charge in [-0.15, -0.1) is 0 Å². The summed E-state index contributed by atoms with van der Waals surface area (Å²) in [6.45, 7) is 9.16. The van der Waals surface area contributed by atoms with Gasteiger partial charge in [-0.3, -0.25) is 0 Å². The summed E-state index contributed by atoms with van der Waals surface area (Å²) in [6, 6.07) is 0. The highest BCUT2D eigenvalue weighted by molar-refractivity contribution is 5.15. The van der Waals surface area contributed by atoms with Gasteiger partial charge >= 0.3 is 0 Å². The van der Waals surface area contributed by atoms with E-state index >= 15 is 0 Å². The maximum Gasteiger partial charge on any atom is 0.250 e. The number of aryl methyl sites for hydroxylation is 1. The lowest BCUT2D eigenvalue weighted by Crippen LogP contribution is -2.35. The van der Waals surface area contributed by atoms with Gasteiger partial charge in [-0.25, -0.2) is 14.6 Å². The van der Waals surface area contributed by atoms with E-state index in [9.17, 15) is 0 Å². The summed E-state index contributed by atoms with van der Waals surface area (Å²) in [5.41, 5.74) is 2.26. The van der Waals surface area contributed by atoms with Crippen LogP contribution in [0.15, 0.2) is 24.8 Å². The van der Waals surface area contributed by atoms with Crippen molar-refractivity contribution in [1.82, 2.24) is 25.1 Å². The van der Waals surface area contributed by atoms with E-state index in [4.69, 9.17) is 0 Å². The Kier molecular flexibility index (Phi) is 3.43. The van der Waals surface area contributed by atoms with Crippen LogP contribution in [-0.4, -0.2) is 25.3 Å². The molecule has 0 aliphatic rings. The average molecular weight is 245 g/mol. The number of hydrogen-bond donors (Lipinski definition) is 1. The van der Waals surface area contributed by atoms with Gasteiger partial charge < -0.3 is 5.32 Å². The Hall–Kier alpha value is -1.75. The van der Waals surface area contributed by atoms with Crippen molar-refractivity contribution in [3.63, 3.8) is 0 Å². The number of nitrogens with one attached hydrogen (secondary N) is 1. The van der Waals surface area contributed by atoms with Gasteiger partial charge in [0.2, 0.25) is 5.95 Å². The molecule has 0 aliphatic carbocycles. The van der Waals surface area contributed by atoms with Gasteiger partial charge in [0.1, 0.15) is 0 Å². The lowest BCUT2D eigenvalue weighted by atomic mass is 10.1. The van der Waals surface area contributed by atoms with Crippen LogP contribution in [0.3, 0.4) is 0 Å². The summed E-state index contributed by atoms with van der Waals surface area (Å²) < 4.78 is 1.68. The van der Waals surface area contributed by atoms with Crippen LogP contribution >= 0.6 is 0 Å². The number of hydrogen-bond acceptors (Lipinski definition) is 4. The van der Waals surface area contributed by atoms with Crippen molar-refractivity contribution in [2.24, 2.45) is 0 Å². The monoisotopic (exact) mass is 245 g/mol. The number of aromatic nitrogens is 4. The molecule has 96 valence electrons. The first-order chi connectivity index (χ1) is 8.44. The number of rotatable bonds is 3. The van der Waals surface area contributed by atoms with Crippen LogP contribution < -0.4 is 5.32 Å². The summed E-state index contributed by atoms with van der Waals surface area (Å²) >= 11 is 0. The minimum atomic E-state index is 0.0950. The standard InChI is InChI=1S/C13H19N5/c1-10-5-17-18(9-10)12-14-6-11(7-15-12)8-16-13(2,3)4/h5-7,9,16H,8H2,1-4H3. The highest BCUT2D eigenvalue weighted by Crippen LogP contribution is 2.05. The fourth-order valence-electron chi connectivity index (χ4n) is 1.45. The third kappa shape index (κ3) is 3.37. The zero-order chi connectivity index (χ0) is 13.2. The van der Waals surface area contributed by atoms with E-state index in [0.29, 0.717) is 5.95 Å². The molecule has 0 fully saturated rings. The Balaban J connectivity index is 2.06. The molecule has 0 amide bonds. The molecule has 2 aromatic heterocycles. The van der Waals surface area contributed by atoms with E-state index in [2.05, 4.69) is 41.2 Å². The molecule has 0 spiro atoms. The van der Waals surface area contributed by atoms with E-state index in [1.54, 1.807) is 10.9 Å². The fraction of sp³-hybridized carbons (Fsp3) is 0.462. The Labute approximate surface area is 107 Å². The highest BCUT2D eigenvalue weighted by atomic mass is 15.3. The Bertz CT molecular complexity index is 507. The van der Waals surface area contributed by atoms with Crippen LogP contribution in [0.4, 0.5) is 0 Å². The van der Waals surface area contributed by atoms with Gasteiger partial charge in [0.25, 0.3) is 0 Å². The smallest absolute Gasteiger partial charge is 0.250 e. The molecule has 0 saturated carbocycles. The lowest BCUT2D eigenvalue weighted by molar-refractivity contribution is 0.423. The fourth-order valence-corrected chi connectivity index (χ4v) is 1.45. The molecule has 2 aromatic rings. The highest BCUT2D eigenvalue weighted by Gasteiger charge is 2.09. The summed E-state index contributed by atoms with van der Waals surface area (Å²) in [4.78, 5) is 8.62. The maximum atomic E-state index is 4.31. The minimum absolute atomic E-state index is 0.0950. The predicted molar refractivity (Wildman–Crippen MR) is 70.5 cm³/mol. The zero-order valence-electron chi connectivity index (χ0n) is 11.3. The van der Waals surface area contributed by atoms with Crippen molar-refractivity contribution in [3.8, 4) is 5.95 Å². The zero-order valence-corrected chi connectivity index (χ0v) is 11.3. The van der Waals surface area contributed by atoms with E-state index in [-0.39, 0.29) is 5.54 Å². The van der Waals surface area contributed by atoms with Crippen molar-refractivity contribution in [2.75, 3.05) is 0 Å². The Morgan fingerprint density at radius 2 is 1.83 bits per heavy atom. The predicted octanol–water partition coefficient (Wildman–Crippen LogP) is 1.86. The first-order valence-corrected chi connectivity index (χ1v) is 6.02. The van der Waals surface area contributed by atoms with E-state index < -0.39 is 0 Å². The first kappa shape index (κ1) is 12.7. The largest absolute Gasteiger partial charge is 0.308 e. The Morgan fingerprint density at radius 1 is 1.17 bits per heavy atom. The average Bonchev–Trinajstić information content (AvgIpc) is 2.73. The molecule has 1 N–H and O–H groups in total. The molecule has 0 radical (unpaired) electrons. The van der Waals surface area contributed by atoms with E-state index in [1.807, 2.05) is 25.5 Å². The molecule has 0 aliphatic heterocycles. The van der Waals surface area contributed by atoms with Crippen molar-refractivity contribution >= 4 is 0 Å². The normalized spacial score (nSPS) is 11.8. The maximum absolute atomic E-state index is 4.31. The molecule has 2 heterocycles. The second kappa shape index (κ2) is 4.86. The van der Waals surface area contributed by atoms with Crippen molar-refractivity contribution in [1.29, 1.82) is 0 Å². The topological polar surface area (TPSA) is 55.6 Å². The van der Waals surface area contributed by atoms with E-state index in [0.717, 1.165) is 17.7 Å². The molecule has 0 bridgehead atoms. The first-order valence-electron chi connectivity index (χ1n) is 6.02. The van der Waals surface area contributed by atoms with Crippen LogP contribution in [-0.2, 0) is 6.54 Å². The van der Waals surface area contributed by atoms with Crippen molar-refractivity contribution in [3.05, 3.63) is 35.9 Å². The molecular formula is C13H19N5. The van der Waals surface area contributed by atoms with Crippen molar-refractivity contribution in [2.45, 2.75) is 39.8 Å². The third-order valence-electron chi connectivity index (χ3n) is 2.43. The van der Waals surface area contributed by atoms with Gasteiger partial charge in [0.15, 0.2) is 0 Å². The summed E-state index contributed by atoms with van der Waals surface area (Å²) in [7, 11) is 0. The van der Waals surface area contributed by atoms with Crippen LogP contribution in [0.2, 0.25) is 0 Å². The van der Waals surface area contributed by atoms with Crippen LogP contribution in [0.1, 0.15) is 31.9 Å². The second-order valence-electron chi connectivity index (χ2n) is 5.46. The molecule has 0 saturated heterocycles. The number of nitrogens with zero attached hydrogens (tertiary/aromatic N) is 4. The van der Waals surface area contributed by atoms with E-state index in [1.165, 1.54) is 0 Å². The molecule has 5 nitrogen and oxygen atoms in total. The lowest BCUT2D eigenvalue weighted by Gasteiger charge is -2.20.